The van der Waals surface area contributed by atoms with Crippen molar-refractivity contribution in [2.24, 2.45) is 0 Å². The first-order chi connectivity index (χ1) is 19.1. The van der Waals surface area contributed by atoms with Crippen molar-refractivity contribution in [2.45, 2.75) is 91.1 Å². The van der Waals surface area contributed by atoms with E-state index in [0.717, 1.165) is 29.5 Å². The molecule has 0 heterocycles. The maximum Gasteiger partial charge on any atom is 0.343 e. The Kier molecular flexibility index (Phi) is 13.6. The molecule has 0 aromatic heterocycles. The average molecular weight is 531 g/mol. The molecule has 0 amide bonds. The van der Waals surface area contributed by atoms with Crippen molar-refractivity contribution < 1.29 is 19.0 Å². The Morgan fingerprint density at radius 3 is 1.79 bits per heavy atom. The minimum absolute atomic E-state index is 0.0722. The highest BCUT2D eigenvalue weighted by atomic mass is 16.6. The molecule has 0 aliphatic heterocycles. The molecular formula is C35H46O4. The molecule has 210 valence electrons. The van der Waals surface area contributed by atoms with Crippen LogP contribution in [-0.4, -0.2) is 19.2 Å². The van der Waals surface area contributed by atoms with E-state index in [2.05, 4.69) is 38.1 Å². The Hall–Kier alpha value is -3.11. The number of hydrogen-bond acceptors (Lipinski definition) is 4. The number of esters is 1. The quantitative estimate of drug-likeness (QED) is 0.0932. The molecule has 3 rings (SSSR count). The van der Waals surface area contributed by atoms with Crippen molar-refractivity contribution in [3.05, 3.63) is 83.9 Å². The third-order valence-corrected chi connectivity index (χ3v) is 7.06. The predicted octanol–water partition coefficient (Wildman–Crippen LogP) is 9.97. The molecule has 0 saturated carbocycles. The second kappa shape index (κ2) is 17.5. The van der Waals surface area contributed by atoms with E-state index < -0.39 is 5.97 Å². The second-order valence-corrected chi connectivity index (χ2v) is 10.2. The van der Waals surface area contributed by atoms with Gasteiger partial charge in [-0.2, -0.15) is 0 Å². The van der Waals surface area contributed by atoms with E-state index in [9.17, 15) is 4.79 Å². The Labute approximate surface area is 235 Å². The Morgan fingerprint density at radius 1 is 0.667 bits per heavy atom. The fraction of sp³-hybridized carbons (Fsp3) is 0.457. The minimum atomic E-state index is -0.391. The van der Waals surface area contributed by atoms with E-state index in [1.54, 1.807) is 6.07 Å². The summed E-state index contributed by atoms with van der Waals surface area (Å²) in [7, 11) is 0. The monoisotopic (exact) mass is 530 g/mol. The standard InChI is InChI=1S/C35H46O4/c1-4-6-7-8-9-10-11-12-13-16-27-38-33-17-14-15-18-34(33)39-35(36)32-25-23-31(24-26-32)30-21-19-29(20-22-30)28(3)37-5-2/h14-15,17-26,28H,4-13,16,27H2,1-3H3. The van der Waals surface area contributed by atoms with E-state index in [0.29, 0.717) is 30.3 Å². The van der Waals surface area contributed by atoms with Gasteiger partial charge in [-0.25, -0.2) is 4.79 Å². The van der Waals surface area contributed by atoms with Crippen LogP contribution < -0.4 is 9.47 Å². The first-order valence-electron chi connectivity index (χ1n) is 14.9. The predicted molar refractivity (Wildman–Crippen MR) is 161 cm³/mol. The van der Waals surface area contributed by atoms with Crippen molar-refractivity contribution in [1.82, 2.24) is 0 Å². The van der Waals surface area contributed by atoms with E-state index in [1.807, 2.05) is 49.4 Å². The lowest BCUT2D eigenvalue weighted by atomic mass is 10.0. The summed E-state index contributed by atoms with van der Waals surface area (Å²) in [4.78, 5) is 12.9. The molecule has 1 atom stereocenters. The summed E-state index contributed by atoms with van der Waals surface area (Å²) >= 11 is 0. The molecule has 0 spiro atoms. The SMILES string of the molecule is CCCCCCCCCCCCOc1ccccc1OC(=O)c1ccc(-c2ccc(C(C)OCC)cc2)cc1. The van der Waals surface area contributed by atoms with Crippen molar-refractivity contribution in [1.29, 1.82) is 0 Å². The normalized spacial score (nSPS) is 11.8. The molecule has 0 aliphatic rings. The molecular weight excluding hydrogens is 484 g/mol. The van der Waals surface area contributed by atoms with Crippen LogP contribution in [0.3, 0.4) is 0 Å². The molecule has 4 nitrogen and oxygen atoms in total. The molecule has 0 aliphatic carbocycles. The summed E-state index contributed by atoms with van der Waals surface area (Å²) in [6.07, 6.45) is 12.9. The molecule has 0 radical (unpaired) electrons. The minimum Gasteiger partial charge on any atom is -0.490 e. The summed E-state index contributed by atoms with van der Waals surface area (Å²) in [6, 6.07) is 23.3. The number of para-hydroxylation sites is 2. The van der Waals surface area contributed by atoms with Gasteiger partial charge in [-0.1, -0.05) is 113 Å². The highest BCUT2D eigenvalue weighted by molar-refractivity contribution is 5.92. The van der Waals surface area contributed by atoms with Crippen molar-refractivity contribution in [3.8, 4) is 22.6 Å². The first kappa shape index (κ1) is 30.4. The lowest BCUT2D eigenvalue weighted by Gasteiger charge is -2.13. The summed E-state index contributed by atoms with van der Waals surface area (Å²) in [6.45, 7) is 7.64. The third kappa shape index (κ3) is 10.5. The maximum atomic E-state index is 12.9. The molecule has 1 unspecified atom stereocenters. The average Bonchev–Trinajstić information content (AvgIpc) is 2.97. The highest BCUT2D eigenvalue weighted by Crippen LogP contribution is 2.28. The van der Waals surface area contributed by atoms with Crippen LogP contribution in [0, 0.1) is 0 Å². The van der Waals surface area contributed by atoms with Gasteiger partial charge in [0, 0.05) is 6.61 Å². The maximum absolute atomic E-state index is 12.9. The third-order valence-electron chi connectivity index (χ3n) is 7.06. The number of carbonyl (C=O) groups excluding carboxylic acids is 1. The lowest BCUT2D eigenvalue weighted by molar-refractivity contribution is 0.0727. The summed E-state index contributed by atoms with van der Waals surface area (Å²) in [5.41, 5.74) is 3.79. The van der Waals surface area contributed by atoms with Gasteiger partial charge < -0.3 is 14.2 Å². The second-order valence-electron chi connectivity index (χ2n) is 10.2. The molecule has 3 aromatic carbocycles. The molecule has 3 aromatic rings. The van der Waals surface area contributed by atoms with Gasteiger partial charge in [-0.3, -0.25) is 0 Å². The number of benzene rings is 3. The zero-order chi connectivity index (χ0) is 27.7. The first-order valence-corrected chi connectivity index (χ1v) is 14.9. The van der Waals surface area contributed by atoms with Gasteiger partial charge in [0.05, 0.1) is 18.3 Å². The molecule has 0 fully saturated rings. The Bertz CT molecular complexity index is 1090. The van der Waals surface area contributed by atoms with Crippen LogP contribution in [0.15, 0.2) is 72.8 Å². The molecule has 4 heteroatoms. The van der Waals surface area contributed by atoms with Crippen molar-refractivity contribution >= 4 is 5.97 Å². The van der Waals surface area contributed by atoms with Gasteiger partial charge >= 0.3 is 5.97 Å². The van der Waals surface area contributed by atoms with E-state index in [1.165, 1.54) is 51.4 Å². The van der Waals surface area contributed by atoms with E-state index in [-0.39, 0.29) is 6.10 Å². The van der Waals surface area contributed by atoms with Gasteiger partial charge in [0.25, 0.3) is 0 Å². The van der Waals surface area contributed by atoms with Gasteiger partial charge in [0.1, 0.15) is 0 Å². The summed E-state index contributed by atoms with van der Waals surface area (Å²) in [5.74, 6) is 0.676. The molecule has 0 saturated heterocycles. The Balaban J connectivity index is 1.44. The number of rotatable bonds is 18. The number of hydrogen-bond donors (Lipinski definition) is 0. The van der Waals surface area contributed by atoms with Crippen molar-refractivity contribution in [2.75, 3.05) is 13.2 Å². The number of carbonyl (C=O) groups is 1. The smallest absolute Gasteiger partial charge is 0.343 e. The van der Waals surface area contributed by atoms with Gasteiger partial charge in [-0.15, -0.1) is 0 Å². The molecule has 0 bridgehead atoms. The zero-order valence-electron chi connectivity index (χ0n) is 24.1. The zero-order valence-corrected chi connectivity index (χ0v) is 24.1. The van der Waals surface area contributed by atoms with Crippen LogP contribution in [-0.2, 0) is 4.74 Å². The van der Waals surface area contributed by atoms with Gasteiger partial charge in [0.2, 0.25) is 0 Å². The van der Waals surface area contributed by atoms with Crippen LogP contribution in [0.4, 0.5) is 0 Å². The van der Waals surface area contributed by atoms with Gasteiger partial charge in [-0.05, 0) is 61.2 Å². The van der Waals surface area contributed by atoms with Gasteiger partial charge in [0.15, 0.2) is 11.5 Å². The number of unbranched alkanes of at least 4 members (excludes halogenated alkanes) is 9. The van der Waals surface area contributed by atoms with Crippen LogP contribution in [0.2, 0.25) is 0 Å². The largest absolute Gasteiger partial charge is 0.490 e. The van der Waals surface area contributed by atoms with Crippen LogP contribution in [0.1, 0.15) is 107 Å². The summed E-state index contributed by atoms with van der Waals surface area (Å²) < 4.78 is 17.4. The molecule has 39 heavy (non-hydrogen) atoms. The van der Waals surface area contributed by atoms with E-state index >= 15 is 0 Å². The van der Waals surface area contributed by atoms with Crippen molar-refractivity contribution in [3.63, 3.8) is 0 Å². The fourth-order valence-electron chi connectivity index (χ4n) is 4.68. The topological polar surface area (TPSA) is 44.8 Å². The fourth-order valence-corrected chi connectivity index (χ4v) is 4.68. The van der Waals surface area contributed by atoms with Crippen LogP contribution in [0.5, 0.6) is 11.5 Å². The molecule has 0 N–H and O–H groups in total. The van der Waals surface area contributed by atoms with Crippen LogP contribution >= 0.6 is 0 Å². The van der Waals surface area contributed by atoms with Crippen LogP contribution in [0.25, 0.3) is 11.1 Å². The Morgan fingerprint density at radius 2 is 1.21 bits per heavy atom. The lowest BCUT2D eigenvalue weighted by Crippen LogP contribution is -2.09. The highest BCUT2D eigenvalue weighted by Gasteiger charge is 2.13. The summed E-state index contributed by atoms with van der Waals surface area (Å²) in [5, 5.41) is 0. The van der Waals surface area contributed by atoms with E-state index in [4.69, 9.17) is 14.2 Å². The number of ether oxygens (including phenoxy) is 3.